The van der Waals surface area contributed by atoms with Gasteiger partial charge in [0.15, 0.2) is 0 Å². The Hall–Kier alpha value is -5.94. The summed E-state index contributed by atoms with van der Waals surface area (Å²) >= 11 is 0. The molecule has 9 rings (SSSR count). The van der Waals surface area contributed by atoms with E-state index in [-0.39, 0.29) is 65.4 Å². The molecule has 4 aromatic heterocycles. The lowest BCUT2D eigenvalue weighted by atomic mass is 9.90. The largest absolute Gasteiger partial charge is 0.417 e. The van der Waals surface area contributed by atoms with Gasteiger partial charge in [0.2, 0.25) is 5.78 Å². The van der Waals surface area contributed by atoms with Crippen LogP contribution in [0.25, 0.3) is 27.7 Å². The third-order valence-corrected chi connectivity index (χ3v) is 12.0. The number of hydrogen-bond donors (Lipinski definition) is 0. The number of nitrogens with zero attached hydrogens (tertiary/aromatic N) is 9. The summed E-state index contributed by atoms with van der Waals surface area (Å²) in [5.74, 6) is -3.28. The molecule has 2 aliphatic heterocycles. The van der Waals surface area contributed by atoms with E-state index in [0.717, 1.165) is 34.0 Å². The Morgan fingerprint density at radius 1 is 0.983 bits per heavy atom. The van der Waals surface area contributed by atoms with E-state index in [0.29, 0.717) is 47.1 Å². The fraction of sp³-hybridized carbons (Fsp3) is 0.375. The first-order valence-corrected chi connectivity index (χ1v) is 18.8. The highest BCUT2D eigenvalue weighted by Crippen LogP contribution is 2.49. The Morgan fingerprint density at radius 3 is 2.33 bits per heavy atom. The van der Waals surface area contributed by atoms with Gasteiger partial charge in [-0.2, -0.15) is 13.2 Å². The van der Waals surface area contributed by atoms with E-state index in [1.807, 2.05) is 0 Å². The van der Waals surface area contributed by atoms with Crippen molar-refractivity contribution in [3.63, 3.8) is 0 Å². The molecule has 0 N–H and O–H groups in total. The smallest absolute Gasteiger partial charge is 0.372 e. The number of fused-ring (bicyclic) bond motifs is 6. The molecule has 6 aromatic rings. The summed E-state index contributed by atoms with van der Waals surface area (Å²) in [7, 11) is 3.32. The van der Waals surface area contributed by atoms with Gasteiger partial charge in [0.05, 0.1) is 40.9 Å². The fourth-order valence-corrected chi connectivity index (χ4v) is 9.55. The Kier molecular flexibility index (Phi) is 8.81. The number of alkyl halides is 5. The normalized spacial score (nSPS) is 19.3. The number of amides is 1. The molecule has 2 unspecified atom stereocenters. The first-order valence-electron chi connectivity index (χ1n) is 18.8. The lowest BCUT2D eigenvalue weighted by molar-refractivity contribution is -0.137. The molecule has 2 atom stereocenters. The van der Waals surface area contributed by atoms with Crippen LogP contribution in [0, 0.1) is 30.4 Å². The highest BCUT2D eigenvalue weighted by molar-refractivity contribution is 6.11. The Labute approximate surface area is 326 Å². The van der Waals surface area contributed by atoms with Gasteiger partial charge in [0.1, 0.15) is 35.0 Å². The van der Waals surface area contributed by atoms with Crippen molar-refractivity contribution >= 4 is 39.7 Å². The van der Waals surface area contributed by atoms with E-state index in [1.165, 1.54) is 33.2 Å². The molecule has 58 heavy (non-hydrogen) atoms. The van der Waals surface area contributed by atoms with Crippen LogP contribution < -0.4 is 9.80 Å². The highest BCUT2D eigenvalue weighted by atomic mass is 19.4. The average molecular weight is 808 g/mol. The average Bonchev–Trinajstić information content (AvgIpc) is 3.93. The van der Waals surface area contributed by atoms with Crippen LogP contribution >= 0.6 is 0 Å². The fourth-order valence-electron chi connectivity index (χ4n) is 9.55. The number of anilines is 2. The lowest BCUT2D eigenvalue weighted by Gasteiger charge is -2.44. The number of ketones is 1. The van der Waals surface area contributed by atoms with Crippen LogP contribution in [-0.2, 0) is 19.6 Å². The zero-order chi connectivity index (χ0) is 40.9. The number of carbonyl (C=O) groups excluding carboxylic acids is 2. The molecule has 2 bridgehead atoms. The van der Waals surface area contributed by atoms with Crippen LogP contribution in [0.1, 0.15) is 45.8 Å². The van der Waals surface area contributed by atoms with Gasteiger partial charge >= 0.3 is 12.2 Å². The molecule has 1 aliphatic carbocycles. The number of hydrogen-bond acceptors (Lipinski definition) is 7. The number of pyridine rings is 1. The highest BCUT2D eigenvalue weighted by Gasteiger charge is 2.48. The number of likely N-dealkylation sites (N-methyl/N-ethyl adjacent to an activating group) is 1. The summed E-state index contributed by atoms with van der Waals surface area (Å²) in [5.41, 5.74) is 0.584. The number of imidazole rings is 1. The van der Waals surface area contributed by atoms with Crippen molar-refractivity contribution in [1.29, 1.82) is 0 Å². The molecular weight excluding hydrogens is 771 g/mol. The van der Waals surface area contributed by atoms with E-state index in [2.05, 4.69) is 15.2 Å². The third-order valence-electron chi connectivity index (χ3n) is 12.0. The molecule has 0 radical (unpaired) electrons. The van der Waals surface area contributed by atoms with Crippen LogP contribution in [0.2, 0.25) is 0 Å². The minimum Gasteiger partial charge on any atom is -0.372 e. The van der Waals surface area contributed by atoms with Crippen LogP contribution in [0.5, 0.6) is 0 Å². The third kappa shape index (κ3) is 5.89. The van der Waals surface area contributed by atoms with E-state index < -0.39 is 54.2 Å². The predicted octanol–water partition coefficient (Wildman–Crippen LogP) is 7.36. The zero-order valence-electron chi connectivity index (χ0n) is 31.4. The van der Waals surface area contributed by atoms with Gasteiger partial charge in [-0.1, -0.05) is 6.07 Å². The molecule has 0 spiro atoms. The van der Waals surface area contributed by atoms with Crippen LogP contribution in [-0.4, -0.2) is 91.1 Å². The number of aryl methyl sites for hydroxylation is 2. The van der Waals surface area contributed by atoms with Gasteiger partial charge in [-0.05, 0) is 73.9 Å². The van der Waals surface area contributed by atoms with Gasteiger partial charge in [-0.15, -0.1) is 10.2 Å². The van der Waals surface area contributed by atoms with Gasteiger partial charge in [-0.25, -0.2) is 31.9 Å². The predicted molar refractivity (Wildman–Crippen MR) is 199 cm³/mol. The van der Waals surface area contributed by atoms with Crippen molar-refractivity contribution in [2.75, 3.05) is 43.0 Å². The Morgan fingerprint density at radius 2 is 1.69 bits per heavy atom. The molecule has 1 amide bonds. The number of carbonyl (C=O) groups is 2. The maximum absolute atomic E-state index is 16.2. The molecular formula is C40H36F7N9O2. The second-order valence-corrected chi connectivity index (χ2v) is 15.4. The van der Waals surface area contributed by atoms with Crippen molar-refractivity contribution < 1.29 is 40.3 Å². The summed E-state index contributed by atoms with van der Waals surface area (Å²) in [5, 5.41) is 7.49. The van der Waals surface area contributed by atoms with Gasteiger partial charge in [0, 0.05) is 62.7 Å². The van der Waals surface area contributed by atoms with Crippen molar-refractivity contribution in [3.05, 3.63) is 95.1 Å². The monoisotopic (exact) mass is 807 g/mol. The van der Waals surface area contributed by atoms with Crippen molar-refractivity contribution in [3.8, 4) is 11.1 Å². The van der Waals surface area contributed by atoms with Crippen LogP contribution in [0.15, 0.2) is 55.2 Å². The summed E-state index contributed by atoms with van der Waals surface area (Å²) < 4.78 is 109. The topological polar surface area (TPSA) is 96.8 Å². The molecule has 2 fully saturated rings. The van der Waals surface area contributed by atoms with Crippen molar-refractivity contribution in [2.24, 2.45) is 18.9 Å². The second-order valence-electron chi connectivity index (χ2n) is 15.4. The van der Waals surface area contributed by atoms with Crippen molar-refractivity contribution in [2.45, 2.75) is 44.8 Å². The van der Waals surface area contributed by atoms with E-state index in [9.17, 15) is 31.5 Å². The molecule has 302 valence electrons. The van der Waals surface area contributed by atoms with E-state index in [1.54, 1.807) is 37.3 Å². The number of halogens is 7. The molecule has 3 aliphatic rings. The Balaban J connectivity index is 1.06. The van der Waals surface area contributed by atoms with Gasteiger partial charge in [0.25, 0.3) is 6.43 Å². The number of piperidine rings is 1. The Bertz CT molecular complexity index is 2610. The standard InChI is InChI=1S/C40H36F7N9O2/c1-20-50-49-19-56(20)39(58)55(17-31(43)44)34-22-6-7-23(34)16-53(15-22)36-27(41)11-24(12-28(36)42)38(57)30-13-21-8-10-51(2)37-32(25-5-4-9-54(30)35(21)25)26(40(45,46)47)14-29-33(37)48-18-52(29)3/h4-5,9,11-14,18-19,22-23,31,34H,6-8,10,15-17H2,1-3H3. The number of rotatable bonds is 6. The van der Waals surface area contributed by atoms with Crippen LogP contribution in [0.4, 0.5) is 46.9 Å². The summed E-state index contributed by atoms with van der Waals surface area (Å²) in [6.45, 7) is 1.14. The zero-order valence-corrected chi connectivity index (χ0v) is 31.4. The number of benzene rings is 2. The number of aromatic nitrogens is 6. The lowest BCUT2D eigenvalue weighted by Crippen LogP contribution is -2.56. The molecule has 6 heterocycles. The molecule has 2 aromatic carbocycles. The minimum absolute atomic E-state index is 0.0166. The minimum atomic E-state index is -4.74. The molecule has 1 saturated carbocycles. The van der Waals surface area contributed by atoms with Crippen LogP contribution in [0.3, 0.4) is 0 Å². The van der Waals surface area contributed by atoms with Gasteiger partial charge in [-0.3, -0.25) is 4.79 Å². The molecule has 11 nitrogen and oxygen atoms in total. The van der Waals surface area contributed by atoms with Crippen molar-refractivity contribution in [1.82, 2.24) is 33.6 Å². The molecule has 1 saturated heterocycles. The summed E-state index contributed by atoms with van der Waals surface area (Å²) in [4.78, 5) is 36.5. The SMILES string of the molecule is Cc1nncn1C(=O)N(CC(F)F)C1C2CCC1CN(c1c(F)cc(C(=O)c3cc4c5c(cccn35)-c3c(C(F)(F)F)cc5c(ncn5C)c3N(C)CC4)cc1F)C2. The first-order chi connectivity index (χ1) is 27.6. The van der Waals surface area contributed by atoms with E-state index in [4.69, 9.17) is 0 Å². The van der Waals surface area contributed by atoms with E-state index >= 15 is 8.78 Å². The quantitative estimate of drug-likeness (QED) is 0.128. The summed E-state index contributed by atoms with van der Waals surface area (Å²) in [6.07, 6.45) is -1.97. The first kappa shape index (κ1) is 37.6. The maximum atomic E-state index is 16.2. The second kappa shape index (κ2) is 13.6. The molecule has 18 heteroatoms. The van der Waals surface area contributed by atoms with Gasteiger partial charge < -0.3 is 23.7 Å². The summed E-state index contributed by atoms with van der Waals surface area (Å²) in [6, 6.07) is 6.32. The maximum Gasteiger partial charge on any atom is 0.417 e.